The van der Waals surface area contributed by atoms with Gasteiger partial charge in [-0.1, -0.05) is 19.1 Å². The lowest BCUT2D eigenvalue weighted by Crippen LogP contribution is -2.09. The molecule has 5 heteroatoms. The second-order valence-electron chi connectivity index (χ2n) is 6.49. The zero-order valence-electron chi connectivity index (χ0n) is 12.4. The molecule has 21 heavy (non-hydrogen) atoms. The fourth-order valence-electron chi connectivity index (χ4n) is 2.87. The summed E-state index contributed by atoms with van der Waals surface area (Å²) in [5.41, 5.74) is 1.19. The Labute approximate surface area is 123 Å². The molecule has 1 aromatic carbocycles. The average molecular weight is 289 g/mol. The molecule has 0 N–H and O–H groups in total. The van der Waals surface area contributed by atoms with Crippen LogP contribution in [-0.2, 0) is 6.61 Å². The van der Waals surface area contributed by atoms with Crippen LogP contribution in [0.4, 0.5) is 4.39 Å². The first-order chi connectivity index (χ1) is 10.0. The maximum atomic E-state index is 12.8. The van der Waals surface area contributed by atoms with Crippen molar-refractivity contribution in [3.8, 4) is 5.75 Å². The van der Waals surface area contributed by atoms with Gasteiger partial charge in [-0.25, -0.2) is 9.07 Å². The lowest BCUT2D eigenvalue weighted by molar-refractivity contribution is 0.300. The van der Waals surface area contributed by atoms with Gasteiger partial charge in [0, 0.05) is 0 Å². The molecular formula is C16H20FN3O. The number of nitrogens with zero attached hydrogens (tertiary/aromatic N) is 3. The van der Waals surface area contributed by atoms with E-state index in [1.165, 1.54) is 18.6 Å². The molecule has 1 aliphatic carbocycles. The van der Waals surface area contributed by atoms with Crippen LogP contribution >= 0.6 is 0 Å². The molecule has 112 valence electrons. The second kappa shape index (κ2) is 5.47. The van der Waals surface area contributed by atoms with E-state index in [1.54, 1.807) is 12.1 Å². The van der Waals surface area contributed by atoms with Crippen molar-refractivity contribution in [2.75, 3.05) is 0 Å². The first-order valence-corrected chi connectivity index (χ1v) is 7.31. The van der Waals surface area contributed by atoms with Crippen molar-refractivity contribution in [1.29, 1.82) is 0 Å². The number of benzene rings is 1. The number of aromatic nitrogens is 3. The van der Waals surface area contributed by atoms with Gasteiger partial charge in [-0.05, 0) is 48.9 Å². The third-order valence-corrected chi connectivity index (χ3v) is 4.07. The van der Waals surface area contributed by atoms with Crippen LogP contribution in [-0.4, -0.2) is 15.0 Å². The van der Waals surface area contributed by atoms with E-state index >= 15 is 0 Å². The van der Waals surface area contributed by atoms with Crippen LogP contribution in [0.3, 0.4) is 0 Å². The Balaban J connectivity index is 1.59. The average Bonchev–Trinajstić information content (AvgIpc) is 3.04. The van der Waals surface area contributed by atoms with Crippen molar-refractivity contribution in [2.24, 2.45) is 5.41 Å². The summed E-state index contributed by atoms with van der Waals surface area (Å²) in [5, 5.41) is 8.37. The minimum Gasteiger partial charge on any atom is -0.487 e. The Morgan fingerprint density at radius 1 is 1.33 bits per heavy atom. The molecule has 1 unspecified atom stereocenters. The summed E-state index contributed by atoms with van der Waals surface area (Å²) in [5.74, 6) is 0.366. The summed E-state index contributed by atoms with van der Waals surface area (Å²) in [4.78, 5) is 0. The first kappa shape index (κ1) is 14.0. The molecule has 0 radical (unpaired) electrons. The summed E-state index contributed by atoms with van der Waals surface area (Å²) >= 11 is 0. The molecule has 0 saturated heterocycles. The quantitative estimate of drug-likeness (QED) is 0.860. The van der Waals surface area contributed by atoms with E-state index in [2.05, 4.69) is 24.2 Å². The Bertz CT molecular complexity index is 606. The van der Waals surface area contributed by atoms with Gasteiger partial charge >= 0.3 is 0 Å². The van der Waals surface area contributed by atoms with Crippen molar-refractivity contribution in [3.05, 3.63) is 42.0 Å². The highest BCUT2D eigenvalue weighted by Crippen LogP contribution is 2.42. The molecule has 1 atom stereocenters. The highest BCUT2D eigenvalue weighted by atomic mass is 19.1. The van der Waals surface area contributed by atoms with E-state index in [1.807, 2.05) is 10.9 Å². The maximum Gasteiger partial charge on any atom is 0.134 e. The molecule has 1 fully saturated rings. The van der Waals surface area contributed by atoms with Crippen molar-refractivity contribution < 1.29 is 9.13 Å². The van der Waals surface area contributed by atoms with Crippen LogP contribution in [0.2, 0.25) is 0 Å². The van der Waals surface area contributed by atoms with Gasteiger partial charge < -0.3 is 4.74 Å². The van der Waals surface area contributed by atoms with E-state index in [0.717, 1.165) is 18.5 Å². The highest BCUT2D eigenvalue weighted by Gasteiger charge is 2.32. The van der Waals surface area contributed by atoms with Gasteiger partial charge in [-0.2, -0.15) is 0 Å². The first-order valence-electron chi connectivity index (χ1n) is 7.31. The largest absolute Gasteiger partial charge is 0.487 e. The summed E-state index contributed by atoms with van der Waals surface area (Å²) in [6.45, 7) is 4.94. The van der Waals surface area contributed by atoms with Crippen molar-refractivity contribution in [2.45, 2.75) is 45.8 Å². The number of rotatable bonds is 4. The molecule has 4 nitrogen and oxygen atoms in total. The van der Waals surface area contributed by atoms with Gasteiger partial charge in [0.25, 0.3) is 0 Å². The number of ether oxygens (including phenoxy) is 1. The smallest absolute Gasteiger partial charge is 0.134 e. The van der Waals surface area contributed by atoms with Crippen molar-refractivity contribution in [1.82, 2.24) is 15.0 Å². The topological polar surface area (TPSA) is 39.9 Å². The molecule has 0 amide bonds. The monoisotopic (exact) mass is 289 g/mol. The Morgan fingerprint density at radius 3 is 2.76 bits per heavy atom. The van der Waals surface area contributed by atoms with E-state index in [-0.39, 0.29) is 5.82 Å². The van der Waals surface area contributed by atoms with Crippen LogP contribution < -0.4 is 4.74 Å². The predicted molar refractivity (Wildman–Crippen MR) is 77.4 cm³/mol. The molecule has 1 aliphatic rings. The molecule has 1 aromatic heterocycles. The van der Waals surface area contributed by atoms with Crippen molar-refractivity contribution in [3.63, 3.8) is 0 Å². The molecule has 3 rings (SSSR count). The third kappa shape index (κ3) is 3.40. The van der Waals surface area contributed by atoms with Gasteiger partial charge in [0.2, 0.25) is 0 Å². The molecule has 2 aromatic rings. The Hall–Kier alpha value is -1.91. The van der Waals surface area contributed by atoms with Gasteiger partial charge in [-0.15, -0.1) is 5.10 Å². The van der Waals surface area contributed by atoms with E-state index in [9.17, 15) is 4.39 Å². The fourth-order valence-corrected chi connectivity index (χ4v) is 2.87. The van der Waals surface area contributed by atoms with Crippen molar-refractivity contribution >= 4 is 0 Å². The molecule has 1 heterocycles. The SMILES string of the molecule is CC1(C)CCC(n2cc(COc3ccc(F)cc3)nn2)C1. The standard InChI is InChI=1S/C16H20FN3O/c1-16(2)8-7-14(9-16)20-10-13(18-19-20)11-21-15-5-3-12(17)4-6-15/h3-6,10,14H,7-9,11H2,1-2H3. The van der Waals surface area contributed by atoms with Gasteiger partial charge in [0.1, 0.15) is 23.9 Å². The van der Waals surface area contributed by atoms with Crippen LogP contribution in [0.15, 0.2) is 30.5 Å². The molecule has 0 bridgehead atoms. The highest BCUT2D eigenvalue weighted by molar-refractivity contribution is 5.22. The number of halogens is 1. The lowest BCUT2D eigenvalue weighted by atomic mass is 9.92. The Kier molecular flexibility index (Phi) is 3.66. The molecular weight excluding hydrogens is 269 g/mol. The van der Waals surface area contributed by atoms with Crippen LogP contribution in [0.25, 0.3) is 0 Å². The normalized spacial score (nSPS) is 20.6. The minimum absolute atomic E-state index is 0.267. The lowest BCUT2D eigenvalue weighted by Gasteiger charge is -2.16. The summed E-state index contributed by atoms with van der Waals surface area (Å²) < 4.78 is 20.3. The van der Waals surface area contributed by atoms with Crippen LogP contribution in [0.1, 0.15) is 44.8 Å². The zero-order chi connectivity index (χ0) is 14.9. The van der Waals surface area contributed by atoms with E-state index < -0.39 is 0 Å². The maximum absolute atomic E-state index is 12.8. The summed E-state index contributed by atoms with van der Waals surface area (Å²) in [6, 6.07) is 6.42. The molecule has 0 aliphatic heterocycles. The zero-order valence-corrected chi connectivity index (χ0v) is 12.4. The van der Waals surface area contributed by atoms with E-state index in [4.69, 9.17) is 4.74 Å². The predicted octanol–water partition coefficient (Wildman–Crippen LogP) is 3.75. The molecule has 0 spiro atoms. The third-order valence-electron chi connectivity index (χ3n) is 4.07. The minimum atomic E-state index is -0.267. The summed E-state index contributed by atoms with van der Waals surface area (Å²) in [6.07, 6.45) is 5.46. The second-order valence-corrected chi connectivity index (χ2v) is 6.49. The fraction of sp³-hybridized carbons (Fsp3) is 0.500. The Morgan fingerprint density at radius 2 is 2.10 bits per heavy atom. The number of hydrogen-bond acceptors (Lipinski definition) is 3. The summed E-state index contributed by atoms with van der Waals surface area (Å²) in [7, 11) is 0. The van der Waals surface area contributed by atoms with Crippen LogP contribution in [0.5, 0.6) is 5.75 Å². The van der Waals surface area contributed by atoms with Gasteiger partial charge in [-0.3, -0.25) is 0 Å². The number of hydrogen-bond donors (Lipinski definition) is 0. The van der Waals surface area contributed by atoms with Gasteiger partial charge in [0.05, 0.1) is 12.2 Å². The molecule has 1 saturated carbocycles. The van der Waals surface area contributed by atoms with E-state index in [0.29, 0.717) is 23.8 Å². The van der Waals surface area contributed by atoms with Gasteiger partial charge in [0.15, 0.2) is 0 Å². The van der Waals surface area contributed by atoms with Crippen LogP contribution in [0, 0.1) is 11.2 Å².